The molecule has 0 atom stereocenters. The fourth-order valence-electron chi connectivity index (χ4n) is 2.40. The molecule has 0 heterocycles. The maximum absolute atomic E-state index is 12.4. The molecule has 7 heteroatoms. The highest BCUT2D eigenvalue weighted by atomic mass is 32.2. The number of carbonyl (C=O) groups excluding carboxylic acids is 2. The molecule has 2 amide bonds. The molecule has 1 saturated carbocycles. The summed E-state index contributed by atoms with van der Waals surface area (Å²) in [6.07, 6.45) is 2.93. The van der Waals surface area contributed by atoms with Gasteiger partial charge < -0.3 is 10.6 Å². The van der Waals surface area contributed by atoms with Gasteiger partial charge in [-0.1, -0.05) is 12.1 Å². The Balaban J connectivity index is 1.72. The molecule has 130 valence electrons. The topological polar surface area (TPSA) is 92.3 Å². The molecule has 2 N–H and O–H groups in total. The molecule has 0 spiro atoms. The third-order valence-corrected chi connectivity index (χ3v) is 5.04. The minimum atomic E-state index is -3.50. The van der Waals surface area contributed by atoms with Crippen molar-refractivity contribution in [3.63, 3.8) is 0 Å². The summed E-state index contributed by atoms with van der Waals surface area (Å²) in [4.78, 5) is 24.1. The van der Waals surface area contributed by atoms with Gasteiger partial charge in [-0.3, -0.25) is 9.59 Å². The van der Waals surface area contributed by atoms with Crippen LogP contribution in [-0.4, -0.2) is 26.5 Å². The van der Waals surface area contributed by atoms with Gasteiger partial charge in [-0.15, -0.1) is 0 Å². The Labute approximate surface area is 146 Å². The molecular weight excluding hydrogens is 340 g/mol. The van der Waals surface area contributed by atoms with Crippen molar-refractivity contribution in [3.05, 3.63) is 54.1 Å². The second-order valence-electron chi connectivity index (χ2n) is 6.06. The first-order valence-electron chi connectivity index (χ1n) is 7.86. The lowest BCUT2D eigenvalue weighted by molar-refractivity contribution is -0.117. The highest BCUT2D eigenvalue weighted by molar-refractivity contribution is 7.90. The third-order valence-electron chi connectivity index (χ3n) is 3.89. The summed E-state index contributed by atoms with van der Waals surface area (Å²) < 4.78 is 23.6. The summed E-state index contributed by atoms with van der Waals surface area (Å²) >= 11 is 0. The summed E-state index contributed by atoms with van der Waals surface area (Å²) in [7, 11) is -3.50. The van der Waals surface area contributed by atoms with Crippen LogP contribution in [0.2, 0.25) is 0 Å². The van der Waals surface area contributed by atoms with Crippen LogP contribution in [0.1, 0.15) is 23.2 Å². The largest absolute Gasteiger partial charge is 0.326 e. The van der Waals surface area contributed by atoms with E-state index in [2.05, 4.69) is 10.6 Å². The fourth-order valence-corrected chi connectivity index (χ4v) is 3.29. The summed E-state index contributed by atoms with van der Waals surface area (Å²) in [6, 6.07) is 12.8. The van der Waals surface area contributed by atoms with Crippen molar-refractivity contribution in [1.29, 1.82) is 0 Å². The highest BCUT2D eigenvalue weighted by Gasteiger charge is 2.29. The van der Waals surface area contributed by atoms with E-state index >= 15 is 0 Å². The van der Waals surface area contributed by atoms with Crippen molar-refractivity contribution in [2.24, 2.45) is 5.92 Å². The number of hydrogen-bond donors (Lipinski definition) is 2. The predicted molar refractivity (Wildman–Crippen MR) is 95.3 cm³/mol. The van der Waals surface area contributed by atoms with Gasteiger partial charge in [0.2, 0.25) is 5.91 Å². The Kier molecular flexibility index (Phi) is 4.59. The van der Waals surface area contributed by atoms with Gasteiger partial charge in [-0.2, -0.15) is 0 Å². The van der Waals surface area contributed by atoms with Crippen molar-refractivity contribution >= 4 is 33.0 Å². The SMILES string of the molecule is CS(=O)(=O)c1ccccc1C(=O)Nc1ccc(NC(=O)C2CC2)cc1. The Hall–Kier alpha value is -2.67. The van der Waals surface area contributed by atoms with Crippen LogP contribution < -0.4 is 10.6 Å². The van der Waals surface area contributed by atoms with E-state index in [9.17, 15) is 18.0 Å². The van der Waals surface area contributed by atoms with Crippen molar-refractivity contribution in [2.45, 2.75) is 17.7 Å². The van der Waals surface area contributed by atoms with Gasteiger partial charge >= 0.3 is 0 Å². The number of benzene rings is 2. The van der Waals surface area contributed by atoms with Crippen molar-refractivity contribution in [2.75, 3.05) is 16.9 Å². The van der Waals surface area contributed by atoms with E-state index in [4.69, 9.17) is 0 Å². The van der Waals surface area contributed by atoms with Gasteiger partial charge in [0.1, 0.15) is 0 Å². The molecule has 0 unspecified atom stereocenters. The van der Waals surface area contributed by atoms with Crippen LogP contribution in [0.15, 0.2) is 53.4 Å². The van der Waals surface area contributed by atoms with E-state index in [1.54, 1.807) is 36.4 Å². The summed E-state index contributed by atoms with van der Waals surface area (Å²) in [6.45, 7) is 0. The molecule has 0 saturated heterocycles. The summed E-state index contributed by atoms with van der Waals surface area (Å²) in [5, 5.41) is 5.48. The number of nitrogens with one attached hydrogen (secondary N) is 2. The number of amides is 2. The molecule has 1 aliphatic carbocycles. The first-order chi connectivity index (χ1) is 11.8. The Morgan fingerprint density at radius 3 is 2.04 bits per heavy atom. The van der Waals surface area contributed by atoms with Crippen molar-refractivity contribution in [1.82, 2.24) is 0 Å². The second-order valence-corrected chi connectivity index (χ2v) is 8.05. The molecule has 3 rings (SSSR count). The van der Waals surface area contributed by atoms with E-state index in [1.165, 1.54) is 12.1 Å². The van der Waals surface area contributed by atoms with Crippen LogP contribution in [0.25, 0.3) is 0 Å². The molecule has 2 aromatic carbocycles. The molecule has 0 bridgehead atoms. The highest BCUT2D eigenvalue weighted by Crippen LogP contribution is 2.30. The van der Waals surface area contributed by atoms with Crippen LogP contribution in [0.4, 0.5) is 11.4 Å². The predicted octanol–water partition coefficient (Wildman–Crippen LogP) is 2.69. The number of rotatable bonds is 5. The molecule has 25 heavy (non-hydrogen) atoms. The smallest absolute Gasteiger partial charge is 0.256 e. The number of hydrogen-bond acceptors (Lipinski definition) is 4. The number of anilines is 2. The second kappa shape index (κ2) is 6.68. The average Bonchev–Trinajstić information content (AvgIpc) is 3.41. The van der Waals surface area contributed by atoms with Crippen LogP contribution in [0, 0.1) is 5.92 Å². The van der Waals surface area contributed by atoms with Crippen LogP contribution in [-0.2, 0) is 14.6 Å². The van der Waals surface area contributed by atoms with E-state index in [1.807, 2.05) is 0 Å². The zero-order chi connectivity index (χ0) is 18.0. The average molecular weight is 358 g/mol. The normalized spacial score (nSPS) is 14.0. The van der Waals surface area contributed by atoms with Crippen molar-refractivity contribution < 1.29 is 18.0 Å². The first-order valence-corrected chi connectivity index (χ1v) is 9.75. The van der Waals surface area contributed by atoms with Gasteiger partial charge in [0.25, 0.3) is 5.91 Å². The monoisotopic (exact) mass is 358 g/mol. The van der Waals surface area contributed by atoms with E-state index in [0.29, 0.717) is 11.4 Å². The number of sulfone groups is 1. The maximum Gasteiger partial charge on any atom is 0.256 e. The summed E-state index contributed by atoms with van der Waals surface area (Å²) in [5.74, 6) is -0.374. The standard InChI is InChI=1S/C18H18N2O4S/c1-25(23,24)16-5-3-2-4-15(16)18(22)20-14-10-8-13(9-11-14)19-17(21)12-6-7-12/h2-5,8-12H,6-7H2,1H3,(H,19,21)(H,20,22). The molecule has 0 radical (unpaired) electrons. The third kappa shape index (κ3) is 4.24. The van der Waals surface area contributed by atoms with Gasteiger partial charge in [0.05, 0.1) is 10.5 Å². The first kappa shape index (κ1) is 17.2. The maximum atomic E-state index is 12.4. The lowest BCUT2D eigenvalue weighted by atomic mass is 10.2. The molecule has 6 nitrogen and oxygen atoms in total. The molecule has 0 aromatic heterocycles. The summed E-state index contributed by atoms with van der Waals surface area (Å²) in [5.41, 5.74) is 1.26. The fraction of sp³-hybridized carbons (Fsp3) is 0.222. The molecule has 1 fully saturated rings. The Bertz CT molecular complexity index is 916. The molecule has 0 aliphatic heterocycles. The number of carbonyl (C=O) groups is 2. The van der Waals surface area contributed by atoms with Gasteiger partial charge in [-0.25, -0.2) is 8.42 Å². The van der Waals surface area contributed by atoms with Crippen LogP contribution >= 0.6 is 0 Å². The lowest BCUT2D eigenvalue weighted by Gasteiger charge is -2.10. The molecular formula is C18H18N2O4S. The lowest BCUT2D eigenvalue weighted by Crippen LogP contribution is -2.16. The molecule has 2 aromatic rings. The van der Waals surface area contributed by atoms with Gasteiger partial charge in [-0.05, 0) is 49.2 Å². The minimum Gasteiger partial charge on any atom is -0.326 e. The zero-order valence-electron chi connectivity index (χ0n) is 13.7. The van der Waals surface area contributed by atoms with E-state index in [0.717, 1.165) is 19.1 Å². The van der Waals surface area contributed by atoms with E-state index in [-0.39, 0.29) is 22.3 Å². The van der Waals surface area contributed by atoms with E-state index < -0.39 is 15.7 Å². The van der Waals surface area contributed by atoms with Crippen molar-refractivity contribution in [3.8, 4) is 0 Å². The Morgan fingerprint density at radius 1 is 0.920 bits per heavy atom. The quantitative estimate of drug-likeness (QED) is 0.859. The molecule has 1 aliphatic rings. The van der Waals surface area contributed by atoms with Crippen LogP contribution in [0.5, 0.6) is 0 Å². The van der Waals surface area contributed by atoms with Crippen LogP contribution in [0.3, 0.4) is 0 Å². The minimum absolute atomic E-state index is 0.0128. The van der Waals surface area contributed by atoms with Gasteiger partial charge in [0.15, 0.2) is 9.84 Å². The zero-order valence-corrected chi connectivity index (χ0v) is 14.5. The Morgan fingerprint density at radius 2 is 1.48 bits per heavy atom. The van der Waals surface area contributed by atoms with Gasteiger partial charge in [0, 0.05) is 23.5 Å².